The lowest BCUT2D eigenvalue weighted by atomic mass is 10.0. The Labute approximate surface area is 86.4 Å². The van der Waals surface area contributed by atoms with E-state index in [0.717, 1.165) is 0 Å². The van der Waals surface area contributed by atoms with Crippen molar-refractivity contribution in [3.05, 3.63) is 16.7 Å². The number of aromatic hydroxyl groups is 2. The van der Waals surface area contributed by atoms with Crippen molar-refractivity contribution < 1.29 is 14.9 Å². The number of hydrogen-bond donors (Lipinski definition) is 2. The molecule has 0 unspecified atom stereocenters. The van der Waals surface area contributed by atoms with Crippen molar-refractivity contribution in [1.82, 2.24) is 0 Å². The molecule has 0 heterocycles. The molecule has 5 heteroatoms. The van der Waals surface area contributed by atoms with Crippen LogP contribution < -0.4 is 4.74 Å². The summed E-state index contributed by atoms with van der Waals surface area (Å²) >= 11 is 0. The van der Waals surface area contributed by atoms with Gasteiger partial charge in [0, 0.05) is 0 Å². The summed E-state index contributed by atoms with van der Waals surface area (Å²) in [5.74, 6) is -1.16. The van der Waals surface area contributed by atoms with Crippen LogP contribution in [-0.2, 0) is 0 Å². The molecule has 0 bridgehead atoms. The van der Waals surface area contributed by atoms with Gasteiger partial charge >= 0.3 is 0 Å². The van der Waals surface area contributed by atoms with Gasteiger partial charge < -0.3 is 14.9 Å². The third-order valence-corrected chi connectivity index (χ3v) is 2.08. The molecular weight excluding hydrogens is 196 g/mol. The lowest BCUT2D eigenvalue weighted by Gasteiger charge is -2.11. The number of rotatable bonds is 1. The van der Waals surface area contributed by atoms with Crippen LogP contribution in [0.25, 0.3) is 0 Å². The van der Waals surface area contributed by atoms with Gasteiger partial charge in [0.1, 0.15) is 23.3 Å². The number of nitrogens with zero attached hydrogens (tertiary/aromatic N) is 2. The van der Waals surface area contributed by atoms with Gasteiger partial charge in [0.2, 0.25) is 5.75 Å². The van der Waals surface area contributed by atoms with Crippen LogP contribution in [0.15, 0.2) is 0 Å². The summed E-state index contributed by atoms with van der Waals surface area (Å²) in [4.78, 5) is 0. The molecule has 0 spiro atoms. The fourth-order valence-electron chi connectivity index (χ4n) is 1.29. The van der Waals surface area contributed by atoms with Crippen molar-refractivity contribution in [2.45, 2.75) is 6.92 Å². The molecule has 1 rings (SSSR count). The van der Waals surface area contributed by atoms with E-state index < -0.39 is 11.5 Å². The predicted molar refractivity (Wildman–Crippen MR) is 50.5 cm³/mol. The van der Waals surface area contributed by atoms with Gasteiger partial charge in [-0.15, -0.1) is 0 Å². The molecular formula is C10H8N2O3. The summed E-state index contributed by atoms with van der Waals surface area (Å²) < 4.78 is 4.71. The fourth-order valence-corrected chi connectivity index (χ4v) is 1.29. The second-order valence-corrected chi connectivity index (χ2v) is 2.83. The number of nitriles is 2. The van der Waals surface area contributed by atoms with E-state index in [1.54, 1.807) is 12.1 Å². The van der Waals surface area contributed by atoms with Crippen LogP contribution in [0.3, 0.4) is 0 Å². The SMILES string of the molecule is COc1c(O)c(C#N)c(C)c(C#N)c1O. The number of phenols is 2. The highest BCUT2D eigenvalue weighted by Gasteiger charge is 2.21. The van der Waals surface area contributed by atoms with Crippen molar-refractivity contribution in [2.24, 2.45) is 0 Å². The van der Waals surface area contributed by atoms with Gasteiger partial charge in [-0.1, -0.05) is 0 Å². The number of phenolic OH excluding ortho intramolecular Hbond substituents is 2. The van der Waals surface area contributed by atoms with E-state index in [9.17, 15) is 10.2 Å². The maximum atomic E-state index is 9.55. The highest BCUT2D eigenvalue weighted by atomic mass is 16.5. The predicted octanol–water partition coefficient (Wildman–Crippen LogP) is 1.16. The van der Waals surface area contributed by atoms with Gasteiger partial charge in [-0.25, -0.2) is 0 Å². The van der Waals surface area contributed by atoms with Crippen LogP contribution in [-0.4, -0.2) is 17.3 Å². The van der Waals surface area contributed by atoms with Crippen molar-refractivity contribution in [1.29, 1.82) is 10.5 Å². The number of benzene rings is 1. The molecule has 0 aliphatic heterocycles. The van der Waals surface area contributed by atoms with Crippen LogP contribution >= 0.6 is 0 Å². The van der Waals surface area contributed by atoms with Crippen molar-refractivity contribution >= 4 is 0 Å². The average molecular weight is 204 g/mol. The first-order valence-corrected chi connectivity index (χ1v) is 4.01. The van der Waals surface area contributed by atoms with Gasteiger partial charge in [0.15, 0.2) is 11.5 Å². The summed E-state index contributed by atoms with van der Waals surface area (Å²) in [6.45, 7) is 1.47. The zero-order valence-electron chi connectivity index (χ0n) is 8.20. The van der Waals surface area contributed by atoms with E-state index in [1.807, 2.05) is 0 Å². The van der Waals surface area contributed by atoms with Gasteiger partial charge in [-0.2, -0.15) is 10.5 Å². The topological polar surface area (TPSA) is 97.3 Å². The Morgan fingerprint density at radius 3 is 1.73 bits per heavy atom. The number of hydrogen-bond acceptors (Lipinski definition) is 5. The first kappa shape index (κ1) is 10.7. The Kier molecular flexibility index (Phi) is 2.68. The maximum Gasteiger partial charge on any atom is 0.205 e. The molecule has 5 nitrogen and oxygen atoms in total. The second-order valence-electron chi connectivity index (χ2n) is 2.83. The van der Waals surface area contributed by atoms with Crippen LogP contribution in [0.5, 0.6) is 17.2 Å². The van der Waals surface area contributed by atoms with E-state index in [1.165, 1.54) is 14.0 Å². The molecule has 15 heavy (non-hydrogen) atoms. The second kappa shape index (κ2) is 3.77. The largest absolute Gasteiger partial charge is 0.503 e. The van der Waals surface area contributed by atoms with E-state index in [4.69, 9.17) is 15.3 Å². The van der Waals surface area contributed by atoms with E-state index in [-0.39, 0.29) is 22.4 Å². The quantitative estimate of drug-likeness (QED) is 0.715. The highest BCUT2D eigenvalue weighted by molar-refractivity contribution is 5.68. The molecule has 1 aromatic rings. The maximum absolute atomic E-state index is 9.55. The Hall–Kier alpha value is -2.40. The zero-order valence-corrected chi connectivity index (χ0v) is 8.20. The van der Waals surface area contributed by atoms with Gasteiger partial charge in [0.25, 0.3) is 0 Å². The molecule has 0 saturated carbocycles. The first-order chi connectivity index (χ1) is 7.08. The third kappa shape index (κ3) is 1.40. The highest BCUT2D eigenvalue weighted by Crippen LogP contribution is 2.42. The summed E-state index contributed by atoms with van der Waals surface area (Å²) in [6, 6.07) is 3.50. The van der Waals surface area contributed by atoms with Crippen molar-refractivity contribution in [3.63, 3.8) is 0 Å². The van der Waals surface area contributed by atoms with E-state index >= 15 is 0 Å². The van der Waals surface area contributed by atoms with E-state index in [2.05, 4.69) is 0 Å². The standard InChI is InChI=1S/C10H8N2O3/c1-5-6(3-11)8(13)10(15-2)9(14)7(5)4-12/h13-14H,1-2H3. The Balaban J connectivity index is 3.77. The molecule has 76 valence electrons. The summed E-state index contributed by atoms with van der Waals surface area (Å²) in [5, 5.41) is 36.7. The molecule has 0 aromatic heterocycles. The molecule has 0 saturated heterocycles. The zero-order chi connectivity index (χ0) is 11.6. The minimum atomic E-state index is -0.450. The van der Waals surface area contributed by atoms with Gasteiger partial charge in [-0.05, 0) is 12.5 Å². The molecule has 0 radical (unpaired) electrons. The molecule has 2 N–H and O–H groups in total. The molecule has 0 amide bonds. The van der Waals surface area contributed by atoms with Crippen LogP contribution in [0.1, 0.15) is 16.7 Å². The Morgan fingerprint density at radius 1 is 1.07 bits per heavy atom. The van der Waals surface area contributed by atoms with E-state index in [0.29, 0.717) is 0 Å². The minimum absolute atomic E-state index is 0.0683. The number of ether oxygens (including phenoxy) is 1. The van der Waals surface area contributed by atoms with Gasteiger partial charge in [0.05, 0.1) is 7.11 Å². The molecule has 0 fully saturated rings. The normalized spacial score (nSPS) is 9.07. The average Bonchev–Trinajstić information content (AvgIpc) is 2.19. The molecule has 0 atom stereocenters. The van der Waals surface area contributed by atoms with Gasteiger partial charge in [-0.3, -0.25) is 0 Å². The lowest BCUT2D eigenvalue weighted by Crippen LogP contribution is -1.95. The molecule has 0 aliphatic carbocycles. The smallest absolute Gasteiger partial charge is 0.205 e. The van der Waals surface area contributed by atoms with Crippen LogP contribution in [0.2, 0.25) is 0 Å². The fraction of sp³-hybridized carbons (Fsp3) is 0.200. The van der Waals surface area contributed by atoms with Crippen LogP contribution in [0, 0.1) is 29.6 Å². The van der Waals surface area contributed by atoms with Crippen LogP contribution in [0.4, 0.5) is 0 Å². The Bertz CT molecular complexity index is 454. The first-order valence-electron chi connectivity index (χ1n) is 4.01. The molecule has 0 aliphatic rings. The number of methoxy groups -OCH3 is 1. The van der Waals surface area contributed by atoms with Crippen molar-refractivity contribution in [3.8, 4) is 29.4 Å². The minimum Gasteiger partial charge on any atom is -0.503 e. The third-order valence-electron chi connectivity index (χ3n) is 2.08. The van der Waals surface area contributed by atoms with Crippen molar-refractivity contribution in [2.75, 3.05) is 7.11 Å². The summed E-state index contributed by atoms with van der Waals surface area (Å²) in [6.07, 6.45) is 0. The summed E-state index contributed by atoms with van der Waals surface area (Å²) in [5.41, 5.74) is 0.0956. The molecule has 1 aromatic carbocycles. The Morgan fingerprint density at radius 2 is 1.47 bits per heavy atom. The monoisotopic (exact) mass is 204 g/mol. The summed E-state index contributed by atoms with van der Waals surface area (Å²) in [7, 11) is 1.23. The lowest BCUT2D eigenvalue weighted by molar-refractivity contribution is 0.343.